The Labute approximate surface area is 128 Å². The molecular formula is C19H27NO. The van der Waals surface area contributed by atoms with Gasteiger partial charge in [-0.25, -0.2) is 0 Å². The van der Waals surface area contributed by atoms with E-state index in [1.54, 1.807) is 6.08 Å². The Hall–Kier alpha value is -1.57. The Morgan fingerprint density at radius 3 is 2.48 bits per heavy atom. The third-order valence-electron chi connectivity index (χ3n) is 4.47. The molecule has 0 spiro atoms. The lowest BCUT2D eigenvalue weighted by atomic mass is 9.86. The van der Waals surface area contributed by atoms with Crippen LogP contribution in [0.15, 0.2) is 30.3 Å². The van der Waals surface area contributed by atoms with Crippen molar-refractivity contribution in [1.29, 1.82) is 0 Å². The minimum absolute atomic E-state index is 0.0293. The van der Waals surface area contributed by atoms with Crippen LogP contribution in [-0.4, -0.2) is 11.9 Å². The molecule has 0 bridgehead atoms. The molecule has 0 radical (unpaired) electrons. The Kier molecular flexibility index (Phi) is 5.60. The van der Waals surface area contributed by atoms with E-state index in [2.05, 4.69) is 50.4 Å². The van der Waals surface area contributed by atoms with Crippen molar-refractivity contribution >= 4 is 12.0 Å². The highest BCUT2D eigenvalue weighted by atomic mass is 16.1. The van der Waals surface area contributed by atoms with Gasteiger partial charge in [-0.05, 0) is 41.9 Å². The fourth-order valence-electron chi connectivity index (χ4n) is 2.93. The van der Waals surface area contributed by atoms with Gasteiger partial charge < -0.3 is 5.32 Å². The summed E-state index contributed by atoms with van der Waals surface area (Å²) < 4.78 is 0. The first kappa shape index (κ1) is 15.8. The predicted molar refractivity (Wildman–Crippen MR) is 89.1 cm³/mol. The van der Waals surface area contributed by atoms with E-state index in [1.807, 2.05) is 6.08 Å². The molecule has 0 aromatic heterocycles. The molecule has 114 valence electrons. The number of benzene rings is 1. The monoisotopic (exact) mass is 285 g/mol. The summed E-state index contributed by atoms with van der Waals surface area (Å²) in [7, 11) is 0. The number of hydrogen-bond donors (Lipinski definition) is 1. The zero-order valence-electron chi connectivity index (χ0n) is 13.4. The van der Waals surface area contributed by atoms with Crippen LogP contribution in [0, 0.1) is 5.92 Å². The molecule has 1 fully saturated rings. The molecule has 1 amide bonds. The van der Waals surface area contributed by atoms with E-state index in [0.29, 0.717) is 17.9 Å². The standard InChI is InChI=1S/C19H27NO/c1-14(2)17-11-8-16(9-12-17)10-13-19(21)20-18-7-5-4-6-15(18)3/h8-15,18H,4-7H2,1-3H3,(H,20,21)/b13-10-/t15-,18+/m0/s1. The van der Waals surface area contributed by atoms with Gasteiger partial charge in [-0.3, -0.25) is 4.79 Å². The zero-order valence-corrected chi connectivity index (χ0v) is 13.4. The van der Waals surface area contributed by atoms with E-state index < -0.39 is 0 Å². The van der Waals surface area contributed by atoms with E-state index in [-0.39, 0.29) is 5.91 Å². The van der Waals surface area contributed by atoms with Crippen molar-refractivity contribution in [2.75, 3.05) is 0 Å². The van der Waals surface area contributed by atoms with Gasteiger partial charge in [0.05, 0.1) is 0 Å². The Balaban J connectivity index is 1.89. The zero-order chi connectivity index (χ0) is 15.2. The van der Waals surface area contributed by atoms with Crippen LogP contribution < -0.4 is 5.32 Å². The van der Waals surface area contributed by atoms with Gasteiger partial charge in [-0.1, -0.05) is 57.9 Å². The molecule has 1 aromatic rings. The van der Waals surface area contributed by atoms with Gasteiger partial charge in [0.15, 0.2) is 0 Å². The van der Waals surface area contributed by atoms with Gasteiger partial charge in [0.2, 0.25) is 5.91 Å². The number of carbonyl (C=O) groups excluding carboxylic acids is 1. The van der Waals surface area contributed by atoms with Crippen LogP contribution in [0.2, 0.25) is 0 Å². The molecule has 21 heavy (non-hydrogen) atoms. The summed E-state index contributed by atoms with van der Waals surface area (Å²) in [6.07, 6.45) is 8.43. The summed E-state index contributed by atoms with van der Waals surface area (Å²) >= 11 is 0. The lowest BCUT2D eigenvalue weighted by molar-refractivity contribution is -0.117. The summed E-state index contributed by atoms with van der Waals surface area (Å²) in [5.41, 5.74) is 2.40. The maximum atomic E-state index is 12.0. The van der Waals surface area contributed by atoms with Gasteiger partial charge in [0.25, 0.3) is 0 Å². The molecule has 0 saturated heterocycles. The van der Waals surface area contributed by atoms with E-state index in [1.165, 1.54) is 24.8 Å². The summed E-state index contributed by atoms with van der Waals surface area (Å²) in [5, 5.41) is 3.14. The highest BCUT2D eigenvalue weighted by Gasteiger charge is 2.21. The van der Waals surface area contributed by atoms with Crippen molar-refractivity contribution in [3.63, 3.8) is 0 Å². The normalized spacial score (nSPS) is 22.7. The van der Waals surface area contributed by atoms with Crippen LogP contribution >= 0.6 is 0 Å². The Morgan fingerprint density at radius 1 is 1.19 bits per heavy atom. The second-order valence-electron chi connectivity index (χ2n) is 6.53. The maximum Gasteiger partial charge on any atom is 0.244 e. The molecule has 1 aliphatic rings. The Bertz CT molecular complexity index is 487. The number of nitrogens with one attached hydrogen (secondary N) is 1. The SMILES string of the molecule is CC(C)c1ccc(/C=C\C(=O)N[C@@H]2CCCC[C@@H]2C)cc1. The first-order valence-corrected chi connectivity index (χ1v) is 8.15. The molecule has 1 aliphatic carbocycles. The summed E-state index contributed by atoms with van der Waals surface area (Å²) in [6.45, 7) is 6.60. The molecule has 0 unspecified atom stereocenters. The van der Waals surface area contributed by atoms with Gasteiger partial charge in [-0.15, -0.1) is 0 Å². The maximum absolute atomic E-state index is 12.0. The van der Waals surface area contributed by atoms with Crippen molar-refractivity contribution < 1.29 is 4.79 Å². The minimum Gasteiger partial charge on any atom is -0.350 e. The third kappa shape index (κ3) is 4.73. The lowest BCUT2D eigenvalue weighted by Gasteiger charge is -2.29. The van der Waals surface area contributed by atoms with Crippen molar-refractivity contribution in [3.05, 3.63) is 41.5 Å². The molecule has 1 saturated carbocycles. The van der Waals surface area contributed by atoms with Crippen LogP contribution in [-0.2, 0) is 4.79 Å². The number of carbonyl (C=O) groups is 1. The molecule has 1 aromatic carbocycles. The van der Waals surface area contributed by atoms with Gasteiger partial charge in [0.1, 0.15) is 0 Å². The summed E-state index contributed by atoms with van der Waals surface area (Å²) in [5.74, 6) is 1.17. The van der Waals surface area contributed by atoms with Crippen LogP contribution in [0.4, 0.5) is 0 Å². The third-order valence-corrected chi connectivity index (χ3v) is 4.47. The summed E-state index contributed by atoms with van der Waals surface area (Å²) in [6, 6.07) is 8.75. The molecular weight excluding hydrogens is 258 g/mol. The van der Waals surface area contributed by atoms with E-state index >= 15 is 0 Å². The topological polar surface area (TPSA) is 29.1 Å². The molecule has 1 N–H and O–H groups in total. The van der Waals surface area contributed by atoms with Crippen LogP contribution in [0.5, 0.6) is 0 Å². The highest BCUT2D eigenvalue weighted by Crippen LogP contribution is 2.23. The second kappa shape index (κ2) is 7.44. The second-order valence-corrected chi connectivity index (χ2v) is 6.53. The number of hydrogen-bond acceptors (Lipinski definition) is 1. The lowest BCUT2D eigenvalue weighted by Crippen LogP contribution is -2.40. The smallest absolute Gasteiger partial charge is 0.244 e. The first-order valence-electron chi connectivity index (χ1n) is 8.15. The molecule has 2 rings (SSSR count). The predicted octanol–water partition coefficient (Wildman–Crippen LogP) is 4.52. The Morgan fingerprint density at radius 2 is 1.86 bits per heavy atom. The number of rotatable bonds is 4. The molecule has 2 nitrogen and oxygen atoms in total. The quantitative estimate of drug-likeness (QED) is 0.810. The summed E-state index contributed by atoms with van der Waals surface area (Å²) in [4.78, 5) is 12.0. The first-order chi connectivity index (χ1) is 10.1. The van der Waals surface area contributed by atoms with Crippen molar-refractivity contribution in [2.45, 2.75) is 58.4 Å². The van der Waals surface area contributed by atoms with E-state index in [9.17, 15) is 4.79 Å². The minimum atomic E-state index is 0.0293. The average Bonchev–Trinajstić information content (AvgIpc) is 2.48. The number of amides is 1. The van der Waals surface area contributed by atoms with Crippen molar-refractivity contribution in [1.82, 2.24) is 5.32 Å². The van der Waals surface area contributed by atoms with Crippen LogP contribution in [0.25, 0.3) is 6.08 Å². The largest absolute Gasteiger partial charge is 0.350 e. The van der Waals surface area contributed by atoms with Gasteiger partial charge in [-0.2, -0.15) is 0 Å². The molecule has 0 heterocycles. The molecule has 0 aliphatic heterocycles. The highest BCUT2D eigenvalue weighted by molar-refractivity contribution is 5.91. The van der Waals surface area contributed by atoms with Gasteiger partial charge >= 0.3 is 0 Å². The van der Waals surface area contributed by atoms with Crippen molar-refractivity contribution in [3.8, 4) is 0 Å². The van der Waals surface area contributed by atoms with Gasteiger partial charge in [0, 0.05) is 12.1 Å². The average molecular weight is 285 g/mol. The van der Waals surface area contributed by atoms with Crippen molar-refractivity contribution in [2.24, 2.45) is 5.92 Å². The molecule has 2 heteroatoms. The van der Waals surface area contributed by atoms with E-state index in [0.717, 1.165) is 12.0 Å². The fourth-order valence-corrected chi connectivity index (χ4v) is 2.93. The van der Waals surface area contributed by atoms with Crippen LogP contribution in [0.1, 0.15) is 63.5 Å². The van der Waals surface area contributed by atoms with E-state index in [4.69, 9.17) is 0 Å². The van der Waals surface area contributed by atoms with Crippen LogP contribution in [0.3, 0.4) is 0 Å². The fraction of sp³-hybridized carbons (Fsp3) is 0.526. The molecule has 2 atom stereocenters.